The Hall–Kier alpha value is -0.790. The first-order valence-electron chi connectivity index (χ1n) is 5.73. The molecule has 2 atom stereocenters. The van der Waals surface area contributed by atoms with Gasteiger partial charge in [-0.3, -0.25) is 9.59 Å². The van der Waals surface area contributed by atoms with E-state index < -0.39 is 37.6 Å². The molecule has 2 unspecified atom stereocenters. The lowest BCUT2D eigenvalue weighted by Crippen LogP contribution is -2.52. The summed E-state index contributed by atoms with van der Waals surface area (Å²) in [5.41, 5.74) is -0.748. The molecule has 1 rings (SSSR count). The number of hydrogen-bond acceptors (Lipinski definition) is 6. The summed E-state index contributed by atoms with van der Waals surface area (Å²) in [5, 5.41) is 11.1. The maximum Gasteiger partial charge on any atom is 0.570 e. The zero-order valence-corrected chi connectivity index (χ0v) is 11.9. The van der Waals surface area contributed by atoms with Gasteiger partial charge in [0.2, 0.25) is 0 Å². The summed E-state index contributed by atoms with van der Waals surface area (Å²) >= 11 is 0. The molecule has 19 heavy (non-hydrogen) atoms. The van der Waals surface area contributed by atoms with Crippen LogP contribution in [-0.2, 0) is 18.6 Å². The van der Waals surface area contributed by atoms with Crippen LogP contribution in [0.1, 0.15) is 27.2 Å². The Kier molecular flexibility index (Phi) is 4.86. The number of carboxylic acids is 1. The first kappa shape index (κ1) is 16.3. The molecule has 0 aliphatic carbocycles. The molecule has 8 nitrogen and oxygen atoms in total. The van der Waals surface area contributed by atoms with Gasteiger partial charge in [-0.25, -0.2) is 0 Å². The van der Waals surface area contributed by atoms with E-state index >= 15 is 0 Å². The molecule has 9 heteroatoms. The van der Waals surface area contributed by atoms with Crippen molar-refractivity contribution in [1.82, 2.24) is 5.32 Å². The first-order chi connectivity index (χ1) is 8.53. The topological polar surface area (TPSA) is 125 Å². The summed E-state index contributed by atoms with van der Waals surface area (Å²) in [7, 11) is -3.97. The summed E-state index contributed by atoms with van der Waals surface area (Å²) in [4.78, 5) is 41.2. The van der Waals surface area contributed by atoms with E-state index in [9.17, 15) is 19.4 Å². The van der Waals surface area contributed by atoms with Crippen molar-refractivity contribution in [1.29, 1.82) is 0 Å². The molecule has 0 aromatic carbocycles. The van der Waals surface area contributed by atoms with Gasteiger partial charge in [-0.05, 0) is 6.92 Å². The second-order valence-corrected chi connectivity index (χ2v) is 6.70. The van der Waals surface area contributed by atoms with Crippen LogP contribution in [0.5, 0.6) is 0 Å². The second-order valence-electron chi connectivity index (χ2n) is 5.25. The van der Waals surface area contributed by atoms with Gasteiger partial charge in [-0.15, -0.1) is 4.52 Å². The minimum Gasteiger partial charge on any atom is -0.481 e. The third-order valence-corrected chi connectivity index (χ3v) is 3.62. The predicted molar refractivity (Wildman–Crippen MR) is 65.8 cm³/mol. The van der Waals surface area contributed by atoms with Gasteiger partial charge in [0, 0.05) is 11.5 Å². The highest BCUT2D eigenvalue weighted by Crippen LogP contribution is 2.59. The Labute approximate surface area is 111 Å². The monoisotopic (exact) mass is 296 g/mol. The van der Waals surface area contributed by atoms with Crippen LogP contribution < -0.4 is 5.32 Å². The lowest BCUT2D eigenvalue weighted by atomic mass is 9.87. The molecule has 0 aromatic heterocycles. The SMILES string of the molecule is CC(CC(=O)O)NC(=O)C1O[P+](O)(O)OCC1(C)C. The van der Waals surface area contributed by atoms with E-state index in [-0.39, 0.29) is 13.0 Å². The fourth-order valence-corrected chi connectivity index (χ4v) is 2.89. The molecule has 0 aromatic rings. The Morgan fingerprint density at radius 3 is 2.58 bits per heavy atom. The number of carboxylic acid groups (broad SMARTS) is 1. The van der Waals surface area contributed by atoms with Gasteiger partial charge in [-0.1, -0.05) is 13.8 Å². The zero-order chi connectivity index (χ0) is 14.8. The van der Waals surface area contributed by atoms with Gasteiger partial charge in [0.25, 0.3) is 5.91 Å². The highest BCUT2D eigenvalue weighted by Gasteiger charge is 2.57. The Morgan fingerprint density at radius 1 is 1.47 bits per heavy atom. The standard InChI is InChI=1S/C10H18NO7P/c1-6(4-7(12)13)11-9(14)8-10(2,3)5-17-19(15,16)18-8/h6,8,15-16H,4-5H2,1-3H3,(H-,11,12,13,14)/p+1. The molecule has 0 spiro atoms. The summed E-state index contributed by atoms with van der Waals surface area (Å²) in [6.45, 7) is 4.86. The molecule has 1 aliphatic rings. The van der Waals surface area contributed by atoms with Crippen molar-refractivity contribution < 1.29 is 33.5 Å². The van der Waals surface area contributed by atoms with E-state index in [2.05, 4.69) is 5.32 Å². The van der Waals surface area contributed by atoms with Crippen LogP contribution in [0, 0.1) is 5.41 Å². The number of aliphatic carboxylic acids is 1. The quantitative estimate of drug-likeness (QED) is 0.541. The third kappa shape index (κ3) is 4.67. The molecule has 1 amide bonds. The molecule has 1 heterocycles. The largest absolute Gasteiger partial charge is 0.570 e. The van der Waals surface area contributed by atoms with E-state index in [1.165, 1.54) is 0 Å². The van der Waals surface area contributed by atoms with E-state index in [1.807, 2.05) is 0 Å². The predicted octanol–water partition coefficient (Wildman–Crippen LogP) is 0.0696. The molecule has 110 valence electrons. The molecule has 1 fully saturated rings. The number of carbonyl (C=O) groups is 2. The minimum absolute atomic E-state index is 0.0425. The van der Waals surface area contributed by atoms with Gasteiger partial charge in [0.15, 0.2) is 6.10 Å². The summed E-state index contributed by atoms with van der Waals surface area (Å²) in [6.07, 6.45) is -1.34. The van der Waals surface area contributed by atoms with Crippen molar-refractivity contribution in [3.8, 4) is 0 Å². The van der Waals surface area contributed by atoms with Gasteiger partial charge < -0.3 is 10.4 Å². The highest BCUT2D eigenvalue weighted by molar-refractivity contribution is 7.54. The lowest BCUT2D eigenvalue weighted by molar-refractivity contribution is -0.144. The van der Waals surface area contributed by atoms with Crippen molar-refractivity contribution in [3.63, 3.8) is 0 Å². The normalized spacial score (nSPS) is 26.5. The van der Waals surface area contributed by atoms with Gasteiger partial charge in [0.1, 0.15) is 6.61 Å². The average molecular weight is 296 g/mol. The van der Waals surface area contributed by atoms with Crippen LogP contribution in [0.2, 0.25) is 0 Å². The number of nitrogens with one attached hydrogen (secondary N) is 1. The first-order valence-corrected chi connectivity index (χ1v) is 7.26. The molecule has 4 N–H and O–H groups in total. The number of rotatable bonds is 4. The Balaban J connectivity index is 2.70. The van der Waals surface area contributed by atoms with Crippen LogP contribution in [-0.4, -0.2) is 45.5 Å². The van der Waals surface area contributed by atoms with Crippen molar-refractivity contribution in [2.24, 2.45) is 5.41 Å². The van der Waals surface area contributed by atoms with E-state index in [1.54, 1.807) is 20.8 Å². The number of hydrogen-bond donors (Lipinski definition) is 4. The zero-order valence-electron chi connectivity index (χ0n) is 11.0. The Morgan fingerprint density at radius 2 is 2.05 bits per heavy atom. The number of amides is 1. The number of carbonyl (C=O) groups excluding carboxylic acids is 1. The molecule has 0 radical (unpaired) electrons. The summed E-state index contributed by atoms with van der Waals surface area (Å²) in [6, 6.07) is -0.586. The van der Waals surface area contributed by atoms with E-state index in [4.69, 9.17) is 14.2 Å². The lowest BCUT2D eigenvalue weighted by Gasteiger charge is -2.35. The van der Waals surface area contributed by atoms with Crippen LogP contribution in [0.3, 0.4) is 0 Å². The van der Waals surface area contributed by atoms with Crippen molar-refractivity contribution in [2.75, 3.05) is 6.61 Å². The average Bonchev–Trinajstić information content (AvgIpc) is 2.20. The molecular weight excluding hydrogens is 277 g/mol. The maximum absolute atomic E-state index is 12.0. The van der Waals surface area contributed by atoms with Crippen LogP contribution in [0.25, 0.3) is 0 Å². The van der Waals surface area contributed by atoms with Crippen molar-refractivity contribution in [3.05, 3.63) is 0 Å². The molecule has 1 aliphatic heterocycles. The van der Waals surface area contributed by atoms with E-state index in [0.717, 1.165) is 0 Å². The third-order valence-electron chi connectivity index (χ3n) is 2.66. The van der Waals surface area contributed by atoms with E-state index in [0.29, 0.717) is 0 Å². The minimum atomic E-state index is -3.97. The summed E-state index contributed by atoms with van der Waals surface area (Å²) in [5.74, 6) is -1.62. The van der Waals surface area contributed by atoms with Crippen LogP contribution in [0.15, 0.2) is 0 Å². The molecule has 0 saturated carbocycles. The van der Waals surface area contributed by atoms with Crippen molar-refractivity contribution >= 4 is 20.0 Å². The maximum atomic E-state index is 12.0. The van der Waals surface area contributed by atoms with Crippen LogP contribution >= 0.6 is 8.17 Å². The van der Waals surface area contributed by atoms with Crippen LogP contribution in [0.4, 0.5) is 0 Å². The highest BCUT2D eigenvalue weighted by atomic mass is 31.2. The fourth-order valence-electron chi connectivity index (χ4n) is 1.67. The summed E-state index contributed by atoms with van der Waals surface area (Å²) < 4.78 is 9.65. The molecule has 0 bridgehead atoms. The van der Waals surface area contributed by atoms with Gasteiger partial charge in [0.05, 0.1) is 6.42 Å². The van der Waals surface area contributed by atoms with Gasteiger partial charge in [-0.2, -0.15) is 14.3 Å². The fraction of sp³-hybridized carbons (Fsp3) is 0.800. The second kappa shape index (κ2) is 5.68. The molecule has 1 saturated heterocycles. The Bertz CT molecular complexity index is 371. The van der Waals surface area contributed by atoms with Crippen molar-refractivity contribution in [2.45, 2.75) is 39.3 Å². The smallest absolute Gasteiger partial charge is 0.481 e. The van der Waals surface area contributed by atoms with Gasteiger partial charge >= 0.3 is 14.1 Å². The molecular formula is C10H19NO7P+.